The average molecular weight is 601 g/mol. The number of morpholine rings is 1. The molecule has 0 radical (unpaired) electrons. The van der Waals surface area contributed by atoms with Gasteiger partial charge in [-0.2, -0.15) is 0 Å². The molecule has 35 heavy (non-hydrogen) atoms. The van der Waals surface area contributed by atoms with E-state index in [4.69, 9.17) is 9.15 Å². The normalized spacial score (nSPS) is 16.0. The second-order valence-electron chi connectivity index (χ2n) is 8.40. The highest BCUT2D eigenvalue weighted by atomic mass is 79.9. The van der Waals surface area contributed by atoms with Crippen LogP contribution < -0.4 is 0 Å². The van der Waals surface area contributed by atoms with Crippen molar-refractivity contribution in [1.29, 1.82) is 0 Å². The summed E-state index contributed by atoms with van der Waals surface area (Å²) < 4.78 is 14.9. The number of ether oxygens (including phenoxy) is 1. The first-order chi connectivity index (χ1) is 16.9. The predicted molar refractivity (Wildman–Crippen MR) is 137 cm³/mol. The molecule has 1 atom stereocenters. The first-order valence-corrected chi connectivity index (χ1v) is 12.8. The number of aryl methyl sites for hydroxylation is 2. The van der Waals surface area contributed by atoms with Gasteiger partial charge in [-0.25, -0.2) is 9.67 Å². The molecule has 1 fully saturated rings. The Hall–Kier alpha value is -2.82. The molecule has 1 amide bonds. The molecule has 1 unspecified atom stereocenters. The molecule has 1 aliphatic heterocycles. The van der Waals surface area contributed by atoms with E-state index in [0.29, 0.717) is 43.5 Å². The van der Waals surface area contributed by atoms with Crippen molar-refractivity contribution >= 4 is 37.8 Å². The van der Waals surface area contributed by atoms with Gasteiger partial charge in [0.05, 0.1) is 31.5 Å². The van der Waals surface area contributed by atoms with Crippen LogP contribution in [0.1, 0.15) is 39.1 Å². The van der Waals surface area contributed by atoms with Crippen LogP contribution in [0.2, 0.25) is 0 Å². The van der Waals surface area contributed by atoms with Crippen LogP contribution in [0.15, 0.2) is 62.0 Å². The van der Waals surface area contributed by atoms with E-state index in [-0.39, 0.29) is 11.9 Å². The molecule has 8 nitrogen and oxygen atoms in total. The number of nitrogens with zero attached hydrogens (tertiary/aromatic N) is 5. The van der Waals surface area contributed by atoms with Gasteiger partial charge in [0.1, 0.15) is 23.2 Å². The number of benzene rings is 2. The van der Waals surface area contributed by atoms with Crippen LogP contribution in [0.3, 0.4) is 0 Å². The fraction of sp³-hybridized carbons (Fsp3) is 0.280. The minimum atomic E-state index is -0.338. The molecule has 0 saturated carbocycles. The summed E-state index contributed by atoms with van der Waals surface area (Å²) in [6.45, 7) is 5.58. The molecule has 0 aliphatic carbocycles. The number of carbonyl (C=O) groups excluding carboxylic acids is 1. The van der Waals surface area contributed by atoms with Crippen molar-refractivity contribution in [2.45, 2.75) is 26.4 Å². The maximum Gasteiger partial charge on any atom is 0.255 e. The number of hydrogen-bond donors (Lipinski definition) is 0. The van der Waals surface area contributed by atoms with Gasteiger partial charge in [0.15, 0.2) is 0 Å². The number of aromatic nitrogens is 4. The number of amides is 1. The Bertz CT molecular complexity index is 1370. The highest BCUT2D eigenvalue weighted by molar-refractivity contribution is 9.11. The fourth-order valence-corrected chi connectivity index (χ4v) is 5.00. The van der Waals surface area contributed by atoms with E-state index in [1.807, 2.05) is 62.5 Å². The molecule has 0 N–H and O–H groups in total. The molecule has 0 spiro atoms. The summed E-state index contributed by atoms with van der Waals surface area (Å²) in [5, 5.41) is 8.67. The van der Waals surface area contributed by atoms with Gasteiger partial charge in [0.2, 0.25) is 5.89 Å². The second kappa shape index (κ2) is 10.0. The minimum absolute atomic E-state index is 0.0831. The first-order valence-electron chi connectivity index (χ1n) is 11.2. The Balaban J connectivity index is 1.37. The quantitative estimate of drug-likeness (QED) is 0.307. The molecule has 3 heterocycles. The molecular formula is C25H23Br2N5O3. The molecule has 2 aromatic carbocycles. The largest absolute Gasteiger partial charge is 0.441 e. The Morgan fingerprint density at radius 3 is 2.74 bits per heavy atom. The Morgan fingerprint density at radius 1 is 1.14 bits per heavy atom. The van der Waals surface area contributed by atoms with Crippen molar-refractivity contribution in [3.05, 3.63) is 85.9 Å². The molecule has 4 aromatic rings. The fourth-order valence-electron chi connectivity index (χ4n) is 4.03. The smallest absolute Gasteiger partial charge is 0.255 e. The molecule has 0 bridgehead atoms. The molecule has 1 saturated heterocycles. The molecular weight excluding hydrogens is 578 g/mol. The van der Waals surface area contributed by atoms with Gasteiger partial charge in [0.25, 0.3) is 5.91 Å². The van der Waals surface area contributed by atoms with Crippen LogP contribution in [0.5, 0.6) is 0 Å². The van der Waals surface area contributed by atoms with E-state index in [0.717, 1.165) is 31.5 Å². The average Bonchev–Trinajstić information content (AvgIpc) is 3.48. The maximum atomic E-state index is 13.5. The predicted octanol–water partition coefficient (Wildman–Crippen LogP) is 5.34. The van der Waals surface area contributed by atoms with Gasteiger partial charge >= 0.3 is 0 Å². The third-order valence-corrected chi connectivity index (χ3v) is 7.50. The van der Waals surface area contributed by atoms with Crippen LogP contribution in [-0.2, 0) is 11.3 Å². The van der Waals surface area contributed by atoms with E-state index in [9.17, 15) is 4.79 Å². The molecule has 180 valence electrons. The van der Waals surface area contributed by atoms with Crippen molar-refractivity contribution in [2.75, 3.05) is 19.8 Å². The standard InChI is InChI=1S/C25H23Br2N5O3/c1-15-10-20(27)18(11-19(15)26)25(33)32-8-9-34-14-23(32)22-13-31(30-29-22)12-21-16(2)35-24(28-21)17-6-4-3-5-7-17/h3-7,10-11,13,23H,8-9,12,14H2,1-2H3. The highest BCUT2D eigenvalue weighted by Crippen LogP contribution is 2.30. The summed E-state index contributed by atoms with van der Waals surface area (Å²) in [5.74, 6) is 1.22. The summed E-state index contributed by atoms with van der Waals surface area (Å²) in [5.41, 5.74) is 4.01. The van der Waals surface area contributed by atoms with Crippen LogP contribution >= 0.6 is 31.9 Å². The van der Waals surface area contributed by atoms with Gasteiger partial charge in [0, 0.05) is 21.1 Å². The summed E-state index contributed by atoms with van der Waals surface area (Å²) in [7, 11) is 0. The van der Waals surface area contributed by atoms with Crippen molar-refractivity contribution < 1.29 is 13.9 Å². The van der Waals surface area contributed by atoms with Crippen LogP contribution in [0, 0.1) is 13.8 Å². The van der Waals surface area contributed by atoms with Crippen LogP contribution in [0.25, 0.3) is 11.5 Å². The monoisotopic (exact) mass is 599 g/mol. The minimum Gasteiger partial charge on any atom is -0.441 e. The van der Waals surface area contributed by atoms with Gasteiger partial charge in [-0.3, -0.25) is 4.79 Å². The lowest BCUT2D eigenvalue weighted by Gasteiger charge is -2.34. The van der Waals surface area contributed by atoms with Crippen molar-refractivity contribution in [1.82, 2.24) is 24.9 Å². The number of oxazole rings is 1. The van der Waals surface area contributed by atoms with Gasteiger partial charge in [-0.05, 0) is 59.6 Å². The van der Waals surface area contributed by atoms with Crippen molar-refractivity contribution in [3.63, 3.8) is 0 Å². The zero-order chi connectivity index (χ0) is 24.5. The lowest BCUT2D eigenvalue weighted by Crippen LogP contribution is -2.43. The van der Waals surface area contributed by atoms with Gasteiger partial charge in [-0.15, -0.1) is 5.10 Å². The first kappa shape index (κ1) is 23.9. The van der Waals surface area contributed by atoms with Crippen molar-refractivity contribution in [2.24, 2.45) is 0 Å². The Labute approximate surface area is 219 Å². The van der Waals surface area contributed by atoms with Crippen LogP contribution in [-0.4, -0.2) is 50.5 Å². The summed E-state index contributed by atoms with van der Waals surface area (Å²) in [6, 6.07) is 13.2. The summed E-state index contributed by atoms with van der Waals surface area (Å²) in [4.78, 5) is 19.9. The van der Waals surface area contributed by atoms with E-state index in [2.05, 4.69) is 47.2 Å². The number of rotatable bonds is 5. The van der Waals surface area contributed by atoms with Gasteiger partial charge in [-0.1, -0.05) is 39.3 Å². The lowest BCUT2D eigenvalue weighted by atomic mass is 10.1. The third-order valence-electron chi connectivity index (χ3n) is 5.99. The van der Waals surface area contributed by atoms with E-state index in [1.165, 1.54) is 0 Å². The van der Waals surface area contributed by atoms with E-state index >= 15 is 0 Å². The van der Waals surface area contributed by atoms with Crippen molar-refractivity contribution in [3.8, 4) is 11.5 Å². The number of halogens is 2. The van der Waals surface area contributed by atoms with E-state index in [1.54, 1.807) is 9.58 Å². The van der Waals surface area contributed by atoms with Gasteiger partial charge < -0.3 is 14.1 Å². The SMILES string of the molecule is Cc1cc(Br)c(C(=O)N2CCOCC2c2cn(Cc3nc(-c4ccccc4)oc3C)nn2)cc1Br. The second-order valence-corrected chi connectivity index (χ2v) is 10.1. The van der Waals surface area contributed by atoms with E-state index < -0.39 is 0 Å². The number of carbonyl (C=O) groups is 1. The maximum absolute atomic E-state index is 13.5. The zero-order valence-corrected chi connectivity index (χ0v) is 22.4. The summed E-state index contributed by atoms with van der Waals surface area (Å²) >= 11 is 7.08. The van der Waals surface area contributed by atoms with Crippen LogP contribution in [0.4, 0.5) is 0 Å². The Kier molecular flexibility index (Phi) is 6.86. The molecule has 1 aliphatic rings. The Morgan fingerprint density at radius 2 is 1.94 bits per heavy atom. The highest BCUT2D eigenvalue weighted by Gasteiger charge is 2.32. The third kappa shape index (κ3) is 4.96. The lowest BCUT2D eigenvalue weighted by molar-refractivity contribution is -0.00398. The molecule has 10 heteroatoms. The summed E-state index contributed by atoms with van der Waals surface area (Å²) in [6.07, 6.45) is 1.84. The zero-order valence-electron chi connectivity index (χ0n) is 19.2. The number of hydrogen-bond acceptors (Lipinski definition) is 6. The topological polar surface area (TPSA) is 86.3 Å². The molecule has 5 rings (SSSR count). The molecule has 2 aromatic heterocycles.